The summed E-state index contributed by atoms with van der Waals surface area (Å²) in [6.45, 7) is -0.162. The van der Waals surface area contributed by atoms with E-state index < -0.39 is 5.91 Å². The summed E-state index contributed by atoms with van der Waals surface area (Å²) < 4.78 is 1.80. The van der Waals surface area contributed by atoms with Gasteiger partial charge in [-0.15, -0.1) is 0 Å². The van der Waals surface area contributed by atoms with Crippen molar-refractivity contribution in [3.63, 3.8) is 0 Å². The molecule has 0 aliphatic heterocycles. The molecule has 3 aromatic rings. The molecule has 2 amide bonds. The minimum absolute atomic E-state index is 0.162. The van der Waals surface area contributed by atoms with Gasteiger partial charge in [-0.25, -0.2) is 5.43 Å². The molecule has 3 aromatic carbocycles. The van der Waals surface area contributed by atoms with E-state index in [4.69, 9.17) is 0 Å². The predicted molar refractivity (Wildman–Crippen MR) is 122 cm³/mol. The predicted octanol–water partition coefficient (Wildman–Crippen LogP) is 5.01. The smallest absolute Gasteiger partial charge is 0.260 e. The lowest BCUT2D eigenvalue weighted by Gasteiger charge is -2.22. The van der Waals surface area contributed by atoms with Gasteiger partial charge in [0.1, 0.15) is 6.54 Å². The van der Waals surface area contributed by atoms with Gasteiger partial charge in [0.25, 0.3) is 11.8 Å². The van der Waals surface area contributed by atoms with Crippen molar-refractivity contribution in [2.24, 2.45) is 5.10 Å². The van der Waals surface area contributed by atoms with Crippen molar-refractivity contribution in [2.75, 3.05) is 11.4 Å². The summed E-state index contributed by atoms with van der Waals surface area (Å²) >= 11 is 6.77. The van der Waals surface area contributed by atoms with E-state index in [9.17, 15) is 9.59 Å². The largest absolute Gasteiger partial charge is 0.299 e. The van der Waals surface area contributed by atoms with Gasteiger partial charge < -0.3 is 0 Å². The number of amides is 2. The van der Waals surface area contributed by atoms with Crippen molar-refractivity contribution < 1.29 is 9.59 Å². The molecular weight excluding hydrogens is 498 g/mol. The summed E-state index contributed by atoms with van der Waals surface area (Å²) in [4.78, 5) is 26.9. The van der Waals surface area contributed by atoms with Gasteiger partial charge in [0.15, 0.2) is 0 Å². The van der Waals surface area contributed by atoms with Gasteiger partial charge >= 0.3 is 0 Å². The van der Waals surface area contributed by atoms with Crippen LogP contribution in [0.25, 0.3) is 0 Å². The number of anilines is 1. The van der Waals surface area contributed by atoms with E-state index in [1.165, 1.54) is 4.90 Å². The summed E-state index contributed by atoms with van der Waals surface area (Å²) in [6, 6.07) is 23.6. The maximum Gasteiger partial charge on any atom is 0.260 e. The van der Waals surface area contributed by atoms with E-state index in [1.54, 1.807) is 42.6 Å². The Hall–Kier alpha value is -2.77. The van der Waals surface area contributed by atoms with E-state index in [0.717, 1.165) is 14.5 Å². The zero-order valence-electron chi connectivity index (χ0n) is 15.3. The molecular formula is C22H17Br2N3O2. The standard InChI is InChI=1S/C22H17Br2N3O2/c23-18-9-11-20(12-10-18)27(22(29)17-6-2-1-3-7-17)15-21(28)26-25-14-16-5-4-8-19(24)13-16/h1-14H,15H2,(H,26,28)/b25-14+. The van der Waals surface area contributed by atoms with Crippen LogP contribution in [0.1, 0.15) is 15.9 Å². The maximum atomic E-state index is 13.0. The van der Waals surface area contributed by atoms with Crippen LogP contribution in [0.3, 0.4) is 0 Å². The minimum Gasteiger partial charge on any atom is -0.299 e. The Labute approximate surface area is 185 Å². The Morgan fingerprint density at radius 2 is 1.62 bits per heavy atom. The molecule has 0 aromatic heterocycles. The lowest BCUT2D eigenvalue weighted by Crippen LogP contribution is -2.39. The molecule has 1 N–H and O–H groups in total. The average Bonchev–Trinajstić information content (AvgIpc) is 2.73. The van der Waals surface area contributed by atoms with Crippen molar-refractivity contribution in [3.8, 4) is 0 Å². The Morgan fingerprint density at radius 1 is 0.897 bits per heavy atom. The minimum atomic E-state index is -0.400. The fraction of sp³-hybridized carbons (Fsp3) is 0.0455. The van der Waals surface area contributed by atoms with Crippen LogP contribution < -0.4 is 10.3 Å². The van der Waals surface area contributed by atoms with Crippen LogP contribution in [0.5, 0.6) is 0 Å². The van der Waals surface area contributed by atoms with E-state index in [0.29, 0.717) is 11.3 Å². The van der Waals surface area contributed by atoms with Crippen LogP contribution in [0.2, 0.25) is 0 Å². The molecule has 0 saturated heterocycles. The molecule has 0 aliphatic rings. The van der Waals surface area contributed by atoms with E-state index in [1.807, 2.05) is 42.5 Å². The van der Waals surface area contributed by atoms with Gasteiger partial charge in [-0.05, 0) is 54.1 Å². The van der Waals surface area contributed by atoms with Crippen molar-refractivity contribution in [1.29, 1.82) is 0 Å². The number of carbonyl (C=O) groups excluding carboxylic acids is 2. The van der Waals surface area contributed by atoms with E-state index in [-0.39, 0.29) is 12.5 Å². The van der Waals surface area contributed by atoms with Crippen LogP contribution in [-0.4, -0.2) is 24.6 Å². The number of halogens is 2. The molecule has 0 fully saturated rings. The Balaban J connectivity index is 1.74. The SMILES string of the molecule is O=C(CN(C(=O)c1ccccc1)c1ccc(Br)cc1)N/N=C/c1cccc(Br)c1. The molecule has 0 atom stereocenters. The van der Waals surface area contributed by atoms with Crippen LogP contribution in [0.4, 0.5) is 5.69 Å². The van der Waals surface area contributed by atoms with Crippen LogP contribution in [0.15, 0.2) is 92.9 Å². The fourth-order valence-corrected chi connectivity index (χ4v) is 3.26. The first-order chi connectivity index (χ1) is 14.0. The number of benzene rings is 3. The van der Waals surface area contributed by atoms with Crippen molar-refractivity contribution in [1.82, 2.24) is 5.43 Å². The third-order valence-electron chi connectivity index (χ3n) is 3.96. The molecule has 0 radical (unpaired) electrons. The molecule has 146 valence electrons. The molecule has 0 heterocycles. The van der Waals surface area contributed by atoms with Gasteiger partial charge in [-0.2, -0.15) is 5.10 Å². The first-order valence-corrected chi connectivity index (χ1v) is 10.3. The lowest BCUT2D eigenvalue weighted by atomic mass is 10.2. The highest BCUT2D eigenvalue weighted by molar-refractivity contribution is 9.10. The Bertz CT molecular complexity index is 1020. The fourth-order valence-electron chi connectivity index (χ4n) is 2.58. The summed E-state index contributed by atoms with van der Waals surface area (Å²) in [5, 5.41) is 3.98. The third-order valence-corrected chi connectivity index (χ3v) is 4.98. The van der Waals surface area contributed by atoms with Gasteiger partial charge in [-0.1, -0.05) is 62.2 Å². The first kappa shape index (κ1) is 21.0. The number of hydrogen-bond donors (Lipinski definition) is 1. The normalized spacial score (nSPS) is 10.7. The molecule has 0 spiro atoms. The molecule has 0 unspecified atom stereocenters. The number of hydrazone groups is 1. The van der Waals surface area contributed by atoms with Crippen molar-refractivity contribution in [2.45, 2.75) is 0 Å². The highest BCUT2D eigenvalue weighted by Gasteiger charge is 2.20. The molecule has 7 heteroatoms. The maximum absolute atomic E-state index is 13.0. The third kappa shape index (κ3) is 6.10. The summed E-state index contributed by atoms with van der Waals surface area (Å²) in [6.07, 6.45) is 1.55. The number of carbonyl (C=O) groups is 2. The Morgan fingerprint density at radius 3 is 2.31 bits per heavy atom. The average molecular weight is 515 g/mol. The molecule has 0 bridgehead atoms. The van der Waals surface area contributed by atoms with Gasteiger partial charge in [0.05, 0.1) is 6.21 Å². The highest BCUT2D eigenvalue weighted by atomic mass is 79.9. The van der Waals surface area contributed by atoms with Gasteiger partial charge in [0.2, 0.25) is 0 Å². The second-order valence-corrected chi connectivity index (χ2v) is 7.91. The van der Waals surface area contributed by atoms with Crippen molar-refractivity contribution in [3.05, 3.63) is 98.9 Å². The van der Waals surface area contributed by atoms with Crippen LogP contribution in [0, 0.1) is 0 Å². The van der Waals surface area contributed by atoms with Crippen LogP contribution in [-0.2, 0) is 4.79 Å². The van der Waals surface area contributed by atoms with Crippen molar-refractivity contribution >= 4 is 55.6 Å². The zero-order chi connectivity index (χ0) is 20.6. The molecule has 3 rings (SSSR count). The zero-order valence-corrected chi connectivity index (χ0v) is 18.4. The van der Waals surface area contributed by atoms with Crippen LogP contribution >= 0.6 is 31.9 Å². The van der Waals surface area contributed by atoms with Gasteiger partial charge in [-0.3, -0.25) is 14.5 Å². The summed E-state index contributed by atoms with van der Waals surface area (Å²) in [7, 11) is 0. The highest BCUT2D eigenvalue weighted by Crippen LogP contribution is 2.20. The number of rotatable bonds is 6. The van der Waals surface area contributed by atoms with Gasteiger partial charge in [0, 0.05) is 20.2 Å². The van der Waals surface area contributed by atoms with E-state index in [2.05, 4.69) is 42.4 Å². The second-order valence-electron chi connectivity index (χ2n) is 6.08. The Kier molecular flexibility index (Phi) is 7.32. The van der Waals surface area contributed by atoms with E-state index >= 15 is 0 Å². The monoisotopic (exact) mass is 513 g/mol. The lowest BCUT2D eigenvalue weighted by molar-refractivity contribution is -0.119. The second kappa shape index (κ2) is 10.1. The number of nitrogens with one attached hydrogen (secondary N) is 1. The molecule has 29 heavy (non-hydrogen) atoms. The first-order valence-electron chi connectivity index (χ1n) is 8.73. The number of nitrogens with zero attached hydrogens (tertiary/aromatic N) is 2. The summed E-state index contributed by atoms with van der Waals surface area (Å²) in [5.74, 6) is -0.664. The summed E-state index contributed by atoms with van der Waals surface area (Å²) in [5.41, 5.74) is 4.44. The molecule has 5 nitrogen and oxygen atoms in total. The quantitative estimate of drug-likeness (QED) is 0.371. The topological polar surface area (TPSA) is 61.8 Å². The molecule has 0 saturated carbocycles. The molecule has 0 aliphatic carbocycles. The number of hydrogen-bond acceptors (Lipinski definition) is 3.